The fourth-order valence-electron chi connectivity index (χ4n) is 7.87. The Labute approximate surface area is 261 Å². The van der Waals surface area contributed by atoms with E-state index in [2.05, 4.69) is 121 Å². The van der Waals surface area contributed by atoms with Crippen molar-refractivity contribution in [2.45, 2.75) is 31.1 Å². The fraction of sp³-hybridized carbons (Fsp3) is 0.122. The van der Waals surface area contributed by atoms with Crippen molar-refractivity contribution < 1.29 is 4.57 Å². The van der Waals surface area contributed by atoms with Crippen LogP contribution in [0.1, 0.15) is 35.1 Å². The van der Waals surface area contributed by atoms with E-state index >= 15 is 4.57 Å². The van der Waals surface area contributed by atoms with Crippen LogP contribution < -0.4 is 31.8 Å². The lowest BCUT2D eigenvalue weighted by molar-refractivity contribution is 0.511. The summed E-state index contributed by atoms with van der Waals surface area (Å²) in [5.74, 6) is 0. The molecule has 1 unspecified atom stereocenters. The van der Waals surface area contributed by atoms with E-state index in [1.54, 1.807) is 0 Å². The third kappa shape index (κ3) is 4.29. The van der Waals surface area contributed by atoms with Gasteiger partial charge in [0.1, 0.15) is 0 Å². The number of hydrogen-bond donors (Lipinski definition) is 0. The van der Waals surface area contributed by atoms with E-state index in [0.717, 1.165) is 41.6 Å². The van der Waals surface area contributed by atoms with Crippen LogP contribution in [0.2, 0.25) is 0 Å². The Bertz CT molecular complexity index is 1900. The van der Waals surface area contributed by atoms with Crippen LogP contribution in [0, 0.1) is 0 Å². The van der Waals surface area contributed by atoms with Crippen LogP contribution in [0.15, 0.2) is 158 Å². The number of aryl methyl sites for hydroxylation is 2. The molecule has 0 saturated carbocycles. The molecule has 0 fully saturated rings. The Morgan fingerprint density at radius 2 is 0.932 bits per heavy atom. The summed E-state index contributed by atoms with van der Waals surface area (Å²) in [5.41, 5.74) is 5.48. The first kappa shape index (κ1) is 27.5. The van der Waals surface area contributed by atoms with E-state index in [9.17, 15) is 0 Å². The Kier molecular flexibility index (Phi) is 6.98. The lowest BCUT2D eigenvalue weighted by atomic mass is 9.76. The maximum absolute atomic E-state index is 15.9. The molecule has 0 heterocycles. The molecule has 2 aliphatic carbocycles. The van der Waals surface area contributed by atoms with Gasteiger partial charge in [-0.15, -0.1) is 0 Å². The summed E-state index contributed by atoms with van der Waals surface area (Å²) in [7, 11) is -3.93. The molecule has 2 aliphatic rings. The van der Waals surface area contributed by atoms with Crippen LogP contribution in [0.3, 0.4) is 0 Å². The van der Waals surface area contributed by atoms with E-state index in [1.807, 2.05) is 36.4 Å². The monoisotopic (exact) mass is 604 g/mol. The summed E-state index contributed by atoms with van der Waals surface area (Å²) in [4.78, 5) is 0. The molecule has 0 aliphatic heterocycles. The number of benzene rings is 6. The zero-order valence-electron chi connectivity index (χ0n) is 24.6. The molecule has 8 rings (SSSR count). The highest BCUT2D eigenvalue weighted by Crippen LogP contribution is 2.56. The van der Waals surface area contributed by atoms with Crippen LogP contribution in [-0.4, -0.2) is 0 Å². The average Bonchev–Trinajstić information content (AvgIpc) is 3.68. The van der Waals surface area contributed by atoms with Crippen LogP contribution >= 0.6 is 15.1 Å². The zero-order chi connectivity index (χ0) is 29.6. The summed E-state index contributed by atoms with van der Waals surface area (Å²) >= 11 is 0. The first-order valence-corrected chi connectivity index (χ1v) is 18.6. The minimum Gasteiger partial charge on any atom is -0.309 e. The average molecular weight is 605 g/mol. The van der Waals surface area contributed by atoms with E-state index in [4.69, 9.17) is 0 Å². The molecule has 1 atom stereocenters. The zero-order valence-corrected chi connectivity index (χ0v) is 26.4. The second-order valence-electron chi connectivity index (χ2n) is 12.0. The largest absolute Gasteiger partial charge is 0.309 e. The standard InChI is InChI=1S/C41H34OP2/c42-44(35-21-9-3-10-22-35,36-23-11-4-12-24-36)38-26-14-16-32-28-30-41(40(32)38)29-27-31-15-13-25-37(39(31)41)43(33-17-5-1-6-18-33)34-19-7-2-8-20-34/h1-26H,27-30H2. The predicted octanol–water partition coefficient (Wildman–Crippen LogP) is 7.26. The number of rotatable bonds is 6. The fourth-order valence-corrected chi connectivity index (χ4v) is 13.5. The van der Waals surface area contributed by atoms with Crippen molar-refractivity contribution in [3.63, 3.8) is 0 Å². The van der Waals surface area contributed by atoms with Crippen molar-refractivity contribution >= 4 is 46.9 Å². The Morgan fingerprint density at radius 1 is 0.477 bits per heavy atom. The van der Waals surface area contributed by atoms with Gasteiger partial charge in [0.25, 0.3) is 0 Å². The Hall–Kier alpha value is -4.02. The molecule has 214 valence electrons. The maximum Gasteiger partial charge on any atom is 0.171 e. The maximum atomic E-state index is 15.9. The Balaban J connectivity index is 1.40. The van der Waals surface area contributed by atoms with Crippen LogP contribution in [-0.2, 0) is 22.8 Å². The summed E-state index contributed by atoms with van der Waals surface area (Å²) < 4.78 is 15.9. The molecule has 0 bridgehead atoms. The SMILES string of the molecule is O=P(c1ccccc1)(c1ccccc1)c1cccc2c1C1(CCc3cccc(P(c4ccccc4)c4ccccc4)c31)CC2. The van der Waals surface area contributed by atoms with Crippen molar-refractivity contribution in [2.24, 2.45) is 0 Å². The summed E-state index contributed by atoms with van der Waals surface area (Å²) in [6.45, 7) is 0. The van der Waals surface area contributed by atoms with Gasteiger partial charge >= 0.3 is 0 Å². The summed E-state index contributed by atoms with van der Waals surface area (Å²) in [6.07, 6.45) is 4.17. The molecule has 44 heavy (non-hydrogen) atoms. The second-order valence-corrected chi connectivity index (χ2v) is 16.9. The molecular formula is C41H34OP2. The second kappa shape index (κ2) is 11.2. The molecule has 1 nitrogen and oxygen atoms in total. The minimum atomic E-state index is -3.16. The number of hydrogen-bond acceptors (Lipinski definition) is 1. The lowest BCUT2D eigenvalue weighted by Crippen LogP contribution is -2.37. The van der Waals surface area contributed by atoms with E-state index in [1.165, 1.54) is 38.2 Å². The highest BCUT2D eigenvalue weighted by atomic mass is 31.2. The van der Waals surface area contributed by atoms with Gasteiger partial charge in [0.05, 0.1) is 0 Å². The lowest BCUT2D eigenvalue weighted by Gasteiger charge is -2.35. The van der Waals surface area contributed by atoms with Crippen molar-refractivity contribution in [3.05, 3.63) is 180 Å². The van der Waals surface area contributed by atoms with Gasteiger partial charge in [-0.3, -0.25) is 0 Å². The molecule has 6 aromatic carbocycles. The first-order valence-electron chi connectivity index (χ1n) is 15.6. The van der Waals surface area contributed by atoms with Gasteiger partial charge in [-0.1, -0.05) is 158 Å². The van der Waals surface area contributed by atoms with Gasteiger partial charge in [-0.25, -0.2) is 0 Å². The highest BCUT2D eigenvalue weighted by molar-refractivity contribution is 7.85. The van der Waals surface area contributed by atoms with Crippen molar-refractivity contribution in [2.75, 3.05) is 0 Å². The van der Waals surface area contributed by atoms with E-state index < -0.39 is 15.1 Å². The molecule has 6 aromatic rings. The quantitative estimate of drug-likeness (QED) is 0.183. The Morgan fingerprint density at radius 3 is 1.45 bits per heavy atom. The van der Waals surface area contributed by atoms with E-state index in [0.29, 0.717) is 0 Å². The molecule has 0 radical (unpaired) electrons. The van der Waals surface area contributed by atoms with Gasteiger partial charge in [-0.2, -0.15) is 0 Å². The summed E-state index contributed by atoms with van der Waals surface area (Å²) in [6, 6.07) is 56.2. The molecule has 0 N–H and O–H groups in total. The van der Waals surface area contributed by atoms with Gasteiger partial charge < -0.3 is 4.57 Å². The van der Waals surface area contributed by atoms with Crippen molar-refractivity contribution in [3.8, 4) is 0 Å². The van der Waals surface area contributed by atoms with Crippen molar-refractivity contribution in [1.82, 2.24) is 0 Å². The molecule has 3 heteroatoms. The molecular weight excluding hydrogens is 570 g/mol. The first-order chi connectivity index (χ1) is 21.7. The third-order valence-electron chi connectivity index (χ3n) is 9.71. The molecule has 0 saturated heterocycles. The number of fused-ring (bicyclic) bond motifs is 4. The van der Waals surface area contributed by atoms with Gasteiger partial charge in [-0.05, 0) is 71.8 Å². The van der Waals surface area contributed by atoms with Crippen LogP contribution in [0.4, 0.5) is 0 Å². The third-order valence-corrected chi connectivity index (χ3v) is 15.3. The van der Waals surface area contributed by atoms with Gasteiger partial charge in [0, 0.05) is 21.3 Å². The van der Waals surface area contributed by atoms with E-state index in [-0.39, 0.29) is 5.41 Å². The minimum absolute atomic E-state index is 0.165. The smallest absolute Gasteiger partial charge is 0.171 e. The predicted molar refractivity (Wildman–Crippen MR) is 188 cm³/mol. The van der Waals surface area contributed by atoms with Gasteiger partial charge in [0.15, 0.2) is 7.14 Å². The molecule has 0 aromatic heterocycles. The topological polar surface area (TPSA) is 17.1 Å². The summed E-state index contributed by atoms with van der Waals surface area (Å²) in [5, 5.41) is 7.03. The van der Waals surface area contributed by atoms with Gasteiger partial charge in [0.2, 0.25) is 0 Å². The normalized spacial score (nSPS) is 17.1. The highest BCUT2D eigenvalue weighted by Gasteiger charge is 2.50. The van der Waals surface area contributed by atoms with Crippen LogP contribution in [0.5, 0.6) is 0 Å². The van der Waals surface area contributed by atoms with Crippen molar-refractivity contribution in [1.29, 1.82) is 0 Å². The molecule has 1 spiro atoms. The van der Waals surface area contributed by atoms with Crippen LogP contribution in [0.25, 0.3) is 0 Å². The molecule has 0 amide bonds.